The summed E-state index contributed by atoms with van der Waals surface area (Å²) in [6.45, 7) is 7.94. The zero-order valence-corrected chi connectivity index (χ0v) is 19.8. The number of benzene rings is 1. The van der Waals surface area contributed by atoms with Gasteiger partial charge in [0.1, 0.15) is 10.6 Å². The molecule has 0 aliphatic heterocycles. The Bertz CT molecular complexity index is 1210. The molecule has 1 unspecified atom stereocenters. The van der Waals surface area contributed by atoms with Crippen LogP contribution in [-0.4, -0.2) is 26.8 Å². The van der Waals surface area contributed by atoms with Crippen LogP contribution in [0.2, 0.25) is 0 Å². The van der Waals surface area contributed by atoms with Crippen LogP contribution in [0.1, 0.15) is 44.6 Å². The number of para-hydroxylation sites is 1. The number of carbonyl (C=O) groups is 1. The van der Waals surface area contributed by atoms with E-state index < -0.39 is 5.82 Å². The molecule has 31 heavy (non-hydrogen) atoms. The topological polar surface area (TPSA) is 64.0 Å². The van der Waals surface area contributed by atoms with Gasteiger partial charge in [-0.25, -0.2) is 9.37 Å². The van der Waals surface area contributed by atoms with Crippen molar-refractivity contribution in [3.63, 3.8) is 0 Å². The number of amides is 1. The highest BCUT2D eigenvalue weighted by atomic mass is 32.2. The molecule has 1 aromatic carbocycles. The van der Waals surface area contributed by atoms with Crippen LogP contribution in [-0.2, 0) is 17.6 Å². The second-order valence-electron chi connectivity index (χ2n) is 9.11. The SMILES string of the molecule is CC1CCc2c(sc3nc(SCC(=O)NC(C)(C)C)n(-c4ccccc4F)c(=O)c23)C1. The normalized spacial score (nSPS) is 16.4. The molecule has 0 bridgehead atoms. The van der Waals surface area contributed by atoms with Gasteiger partial charge in [0.25, 0.3) is 5.56 Å². The van der Waals surface area contributed by atoms with Crippen molar-refractivity contribution in [3.8, 4) is 5.69 Å². The second-order valence-corrected chi connectivity index (χ2v) is 11.1. The molecule has 1 atom stereocenters. The predicted molar refractivity (Wildman–Crippen MR) is 125 cm³/mol. The first kappa shape index (κ1) is 22.0. The number of thiophene rings is 1. The number of fused-ring (bicyclic) bond motifs is 3. The van der Waals surface area contributed by atoms with E-state index >= 15 is 0 Å². The third-order valence-electron chi connectivity index (χ3n) is 5.24. The number of thioether (sulfide) groups is 1. The standard InChI is InChI=1S/C23H26FN3O2S2/c1-13-9-10-14-17(11-13)31-20-19(14)21(29)27(16-8-6-5-7-15(16)24)22(25-20)30-12-18(28)26-23(2,3)4/h5-8,13H,9-12H2,1-4H3,(H,26,28). The lowest BCUT2D eigenvalue weighted by molar-refractivity contribution is -0.119. The van der Waals surface area contributed by atoms with E-state index in [-0.39, 0.29) is 28.4 Å². The van der Waals surface area contributed by atoms with Crippen molar-refractivity contribution in [1.82, 2.24) is 14.9 Å². The fourth-order valence-electron chi connectivity index (χ4n) is 3.90. The van der Waals surface area contributed by atoms with Gasteiger partial charge in [-0.3, -0.25) is 14.2 Å². The van der Waals surface area contributed by atoms with Crippen molar-refractivity contribution in [2.45, 2.75) is 57.7 Å². The molecule has 1 N–H and O–H groups in total. The summed E-state index contributed by atoms with van der Waals surface area (Å²) in [4.78, 5) is 32.6. The molecule has 3 aromatic rings. The maximum absolute atomic E-state index is 14.7. The summed E-state index contributed by atoms with van der Waals surface area (Å²) in [6.07, 6.45) is 2.80. The van der Waals surface area contributed by atoms with Crippen LogP contribution in [0.3, 0.4) is 0 Å². The number of rotatable bonds is 4. The zero-order valence-electron chi connectivity index (χ0n) is 18.1. The molecule has 164 valence electrons. The van der Waals surface area contributed by atoms with E-state index in [1.165, 1.54) is 15.5 Å². The van der Waals surface area contributed by atoms with Crippen LogP contribution >= 0.6 is 23.1 Å². The van der Waals surface area contributed by atoms with E-state index in [2.05, 4.69) is 12.2 Å². The third kappa shape index (κ3) is 4.55. The molecule has 0 fully saturated rings. The van der Waals surface area contributed by atoms with Crippen LogP contribution in [0.15, 0.2) is 34.2 Å². The average molecular weight is 460 g/mol. The number of hydrogen-bond donors (Lipinski definition) is 1. The summed E-state index contributed by atoms with van der Waals surface area (Å²) in [5.41, 5.74) is 0.595. The van der Waals surface area contributed by atoms with Gasteiger partial charge in [-0.1, -0.05) is 30.8 Å². The zero-order chi connectivity index (χ0) is 22.3. The maximum Gasteiger partial charge on any atom is 0.267 e. The van der Waals surface area contributed by atoms with Crippen molar-refractivity contribution in [3.05, 3.63) is 50.9 Å². The van der Waals surface area contributed by atoms with Gasteiger partial charge in [0.05, 0.1) is 16.8 Å². The molecule has 2 aromatic heterocycles. The van der Waals surface area contributed by atoms with Crippen molar-refractivity contribution in [1.29, 1.82) is 0 Å². The molecular weight excluding hydrogens is 433 g/mol. The molecule has 8 heteroatoms. The van der Waals surface area contributed by atoms with Crippen molar-refractivity contribution < 1.29 is 9.18 Å². The van der Waals surface area contributed by atoms with Gasteiger partial charge in [-0.05, 0) is 63.6 Å². The Kier molecular flexibility index (Phi) is 5.96. The average Bonchev–Trinajstić information content (AvgIpc) is 3.03. The monoisotopic (exact) mass is 459 g/mol. The second kappa shape index (κ2) is 8.39. The number of hydrogen-bond acceptors (Lipinski definition) is 5. The highest BCUT2D eigenvalue weighted by molar-refractivity contribution is 7.99. The quantitative estimate of drug-likeness (QED) is 0.453. The molecule has 5 nitrogen and oxygen atoms in total. The van der Waals surface area contributed by atoms with Gasteiger partial charge in [0, 0.05) is 10.4 Å². The molecule has 4 rings (SSSR count). The fraction of sp³-hybridized carbons (Fsp3) is 0.435. The third-order valence-corrected chi connectivity index (χ3v) is 7.33. The molecule has 0 spiro atoms. The molecule has 1 amide bonds. The summed E-state index contributed by atoms with van der Waals surface area (Å²) in [5.74, 6) is 0.00573. The van der Waals surface area contributed by atoms with Crippen molar-refractivity contribution in [2.24, 2.45) is 5.92 Å². The molecule has 1 aliphatic rings. The number of carbonyl (C=O) groups excluding carboxylic acids is 1. The molecular formula is C23H26FN3O2S2. The number of nitrogens with one attached hydrogen (secondary N) is 1. The van der Waals surface area contributed by atoms with E-state index in [9.17, 15) is 14.0 Å². The van der Waals surface area contributed by atoms with Gasteiger partial charge >= 0.3 is 0 Å². The molecule has 0 saturated carbocycles. The van der Waals surface area contributed by atoms with Gasteiger partial charge in [0.15, 0.2) is 5.16 Å². The van der Waals surface area contributed by atoms with Crippen LogP contribution in [0, 0.1) is 11.7 Å². The summed E-state index contributed by atoms with van der Waals surface area (Å²) in [5, 5.41) is 3.84. The summed E-state index contributed by atoms with van der Waals surface area (Å²) < 4.78 is 16.0. The highest BCUT2D eigenvalue weighted by Gasteiger charge is 2.26. The summed E-state index contributed by atoms with van der Waals surface area (Å²) in [6, 6.07) is 6.19. The first-order valence-electron chi connectivity index (χ1n) is 10.4. The van der Waals surface area contributed by atoms with Crippen LogP contribution in [0.4, 0.5) is 4.39 Å². The summed E-state index contributed by atoms with van der Waals surface area (Å²) >= 11 is 2.71. The van der Waals surface area contributed by atoms with Crippen LogP contribution in [0.5, 0.6) is 0 Å². The fourth-order valence-corrected chi connectivity index (χ4v) is 6.13. The van der Waals surface area contributed by atoms with Crippen molar-refractivity contribution in [2.75, 3.05) is 5.75 Å². The van der Waals surface area contributed by atoms with Crippen LogP contribution < -0.4 is 10.9 Å². The molecule has 0 radical (unpaired) electrons. The molecule has 2 heterocycles. The largest absolute Gasteiger partial charge is 0.351 e. The lowest BCUT2D eigenvalue weighted by Crippen LogP contribution is -2.41. The number of aryl methyl sites for hydroxylation is 1. The predicted octanol–water partition coefficient (Wildman–Crippen LogP) is 4.72. The van der Waals surface area contributed by atoms with E-state index in [0.717, 1.165) is 36.6 Å². The minimum atomic E-state index is -0.496. The summed E-state index contributed by atoms with van der Waals surface area (Å²) in [7, 11) is 0. The number of aromatic nitrogens is 2. The maximum atomic E-state index is 14.7. The van der Waals surface area contributed by atoms with E-state index in [1.54, 1.807) is 29.5 Å². The first-order chi connectivity index (χ1) is 14.6. The molecule has 1 aliphatic carbocycles. The Morgan fingerprint density at radius 1 is 1.35 bits per heavy atom. The molecule has 0 saturated heterocycles. The van der Waals surface area contributed by atoms with Crippen LogP contribution in [0.25, 0.3) is 15.9 Å². The Hall–Kier alpha value is -2.19. The Morgan fingerprint density at radius 2 is 2.10 bits per heavy atom. The smallest absolute Gasteiger partial charge is 0.267 e. The van der Waals surface area contributed by atoms with Crippen molar-refractivity contribution >= 4 is 39.2 Å². The number of nitrogens with zero attached hydrogens (tertiary/aromatic N) is 2. The Balaban J connectivity index is 1.84. The van der Waals surface area contributed by atoms with Gasteiger partial charge in [-0.15, -0.1) is 11.3 Å². The van der Waals surface area contributed by atoms with E-state index in [0.29, 0.717) is 21.3 Å². The van der Waals surface area contributed by atoms with E-state index in [1.807, 2.05) is 20.8 Å². The lowest BCUT2D eigenvalue weighted by Gasteiger charge is -2.20. The lowest BCUT2D eigenvalue weighted by atomic mass is 9.89. The van der Waals surface area contributed by atoms with Gasteiger partial charge in [0.2, 0.25) is 5.91 Å². The minimum Gasteiger partial charge on any atom is -0.351 e. The first-order valence-corrected chi connectivity index (χ1v) is 12.2. The van der Waals surface area contributed by atoms with Gasteiger partial charge < -0.3 is 5.32 Å². The Labute approximate surface area is 189 Å². The van der Waals surface area contributed by atoms with E-state index in [4.69, 9.17) is 4.98 Å². The minimum absolute atomic E-state index is 0.0891. The van der Waals surface area contributed by atoms with Gasteiger partial charge in [-0.2, -0.15) is 0 Å². The highest BCUT2D eigenvalue weighted by Crippen LogP contribution is 2.37. The number of halogens is 1. The Morgan fingerprint density at radius 3 is 2.81 bits per heavy atom.